The Hall–Kier alpha value is -1.11. The molecule has 0 atom stereocenters. The quantitative estimate of drug-likeness (QED) is 0.495. The Morgan fingerprint density at radius 1 is 1.05 bits per heavy atom. The molecule has 0 aliphatic heterocycles. The minimum Gasteiger partial charge on any atom is -0.282 e. The minimum atomic E-state index is -4.00. The van der Waals surface area contributed by atoms with Crippen molar-refractivity contribution in [3.63, 3.8) is 0 Å². The predicted molar refractivity (Wildman–Crippen MR) is 73.0 cm³/mol. The molecule has 0 unspecified atom stereocenters. The van der Waals surface area contributed by atoms with Crippen molar-refractivity contribution in [1.82, 2.24) is 0 Å². The fraction of sp³-hybridized carbons (Fsp3) is 0.500. The summed E-state index contributed by atoms with van der Waals surface area (Å²) in [5.41, 5.74) is 0.457. The molecule has 118 valence electrons. The summed E-state index contributed by atoms with van der Waals surface area (Å²) in [6, 6.07) is 8.31. The van der Waals surface area contributed by atoms with Crippen molar-refractivity contribution in [3.8, 4) is 0 Å². The van der Waals surface area contributed by atoms with Gasteiger partial charge in [0.25, 0.3) is 11.8 Å². The number of alkyl halides is 5. The Kier molecular flexibility index (Phi) is 6.64. The molecule has 1 aromatic carbocycles. The van der Waals surface area contributed by atoms with Crippen LogP contribution in [0.15, 0.2) is 30.3 Å². The molecule has 1 rings (SSSR count). The summed E-state index contributed by atoms with van der Waals surface area (Å²) in [7, 11) is 0. The minimum absolute atomic E-state index is 0.0986. The molecule has 0 aliphatic rings. The molecule has 0 bridgehead atoms. The Bertz CT molecular complexity index is 450. The molecular formula is C14H15F5OS. The van der Waals surface area contributed by atoms with E-state index in [1.165, 1.54) is 0 Å². The van der Waals surface area contributed by atoms with Crippen LogP contribution in [0.2, 0.25) is 0 Å². The van der Waals surface area contributed by atoms with E-state index >= 15 is 0 Å². The van der Waals surface area contributed by atoms with Crippen LogP contribution in [0, 0.1) is 0 Å². The molecule has 0 N–H and O–H groups in total. The largest absolute Gasteiger partial charge is 0.282 e. The third-order valence-electron chi connectivity index (χ3n) is 2.64. The lowest BCUT2D eigenvalue weighted by molar-refractivity contribution is -0.122. The lowest BCUT2D eigenvalue weighted by Crippen LogP contribution is -2.30. The van der Waals surface area contributed by atoms with Crippen molar-refractivity contribution in [1.29, 1.82) is 0 Å². The molecule has 0 fully saturated rings. The highest BCUT2D eigenvalue weighted by atomic mass is 32.2. The van der Waals surface area contributed by atoms with Gasteiger partial charge in [-0.15, -0.1) is 0 Å². The number of rotatable bonds is 8. The molecule has 0 aliphatic carbocycles. The summed E-state index contributed by atoms with van der Waals surface area (Å²) < 4.78 is 63.5. The summed E-state index contributed by atoms with van der Waals surface area (Å²) >= 11 is 0.860. The number of carbonyl (C=O) groups is 1. The van der Waals surface area contributed by atoms with E-state index in [-0.39, 0.29) is 17.3 Å². The fourth-order valence-corrected chi connectivity index (χ4v) is 2.44. The van der Waals surface area contributed by atoms with Gasteiger partial charge in [0.2, 0.25) is 5.12 Å². The zero-order chi connectivity index (χ0) is 15.9. The van der Waals surface area contributed by atoms with Crippen molar-refractivity contribution in [3.05, 3.63) is 35.9 Å². The van der Waals surface area contributed by atoms with Crippen LogP contribution in [0.5, 0.6) is 0 Å². The van der Waals surface area contributed by atoms with E-state index in [1.54, 1.807) is 30.3 Å². The van der Waals surface area contributed by atoms with Gasteiger partial charge in [0, 0.05) is 17.7 Å². The van der Waals surface area contributed by atoms with Crippen LogP contribution in [0.4, 0.5) is 22.0 Å². The van der Waals surface area contributed by atoms with E-state index in [9.17, 15) is 26.7 Å². The van der Waals surface area contributed by atoms with E-state index in [0.29, 0.717) is 5.56 Å². The maximum absolute atomic E-state index is 13.2. The number of hydrogen-bond acceptors (Lipinski definition) is 2. The molecule has 1 nitrogen and oxygen atoms in total. The number of hydrogen-bond donors (Lipinski definition) is 0. The van der Waals surface area contributed by atoms with Crippen LogP contribution in [0.1, 0.15) is 29.6 Å². The molecule has 7 heteroatoms. The van der Waals surface area contributed by atoms with Crippen LogP contribution < -0.4 is 0 Å². The monoisotopic (exact) mass is 326 g/mol. The molecule has 1 aromatic rings. The molecule has 0 amide bonds. The van der Waals surface area contributed by atoms with E-state index in [0.717, 1.165) is 11.8 Å². The lowest BCUT2D eigenvalue weighted by Gasteiger charge is -2.20. The normalized spacial score (nSPS) is 12.4. The number of benzene rings is 1. The lowest BCUT2D eigenvalue weighted by atomic mass is 10.1. The van der Waals surface area contributed by atoms with E-state index in [2.05, 4.69) is 0 Å². The van der Waals surface area contributed by atoms with Gasteiger partial charge in [-0.25, -0.2) is 22.0 Å². The van der Waals surface area contributed by atoms with Crippen LogP contribution in [-0.2, 0) is 0 Å². The van der Waals surface area contributed by atoms with Gasteiger partial charge in [-0.1, -0.05) is 42.1 Å². The molecule has 0 saturated carbocycles. The summed E-state index contributed by atoms with van der Waals surface area (Å²) in [4.78, 5) is 11.7. The van der Waals surface area contributed by atoms with Crippen molar-refractivity contribution in [2.24, 2.45) is 0 Å². The van der Waals surface area contributed by atoms with Gasteiger partial charge in [-0.2, -0.15) is 0 Å². The SMILES string of the molecule is O=C(SCCCC(F)(F)CC(F)(F)CF)c1ccccc1. The second kappa shape index (κ2) is 7.77. The molecule has 0 radical (unpaired) electrons. The standard InChI is InChI=1S/C14H15F5OS/c15-10-14(18,19)9-13(16,17)7-4-8-21-12(20)11-5-2-1-3-6-11/h1-3,5-6H,4,7-10H2. The average molecular weight is 326 g/mol. The highest BCUT2D eigenvalue weighted by Gasteiger charge is 2.42. The molecule has 21 heavy (non-hydrogen) atoms. The second-order valence-electron chi connectivity index (χ2n) is 4.63. The summed E-state index contributed by atoms with van der Waals surface area (Å²) in [6.07, 6.45) is -2.69. The molecule has 0 heterocycles. The van der Waals surface area contributed by atoms with Crippen LogP contribution in [0.25, 0.3) is 0 Å². The molecular weight excluding hydrogens is 311 g/mol. The average Bonchev–Trinajstić information content (AvgIpc) is 2.43. The molecule has 0 aromatic heterocycles. The van der Waals surface area contributed by atoms with E-state index < -0.39 is 31.4 Å². The topological polar surface area (TPSA) is 17.1 Å². The van der Waals surface area contributed by atoms with Gasteiger partial charge in [0.1, 0.15) is 0 Å². The van der Waals surface area contributed by atoms with Crippen molar-refractivity contribution >= 4 is 16.9 Å². The maximum Gasteiger partial charge on any atom is 0.281 e. The second-order valence-corrected chi connectivity index (χ2v) is 5.70. The number of carbonyl (C=O) groups excluding carboxylic acids is 1. The maximum atomic E-state index is 13.2. The van der Waals surface area contributed by atoms with Crippen LogP contribution in [0.3, 0.4) is 0 Å². The van der Waals surface area contributed by atoms with Gasteiger partial charge in [-0.3, -0.25) is 4.79 Å². The first-order valence-corrected chi connectivity index (χ1v) is 7.28. The van der Waals surface area contributed by atoms with E-state index in [1.807, 2.05) is 0 Å². The molecule has 0 saturated heterocycles. The Balaban J connectivity index is 2.32. The Morgan fingerprint density at radius 2 is 1.67 bits per heavy atom. The fourth-order valence-electron chi connectivity index (χ4n) is 1.67. The third kappa shape index (κ3) is 6.93. The number of halogens is 5. The van der Waals surface area contributed by atoms with E-state index in [4.69, 9.17) is 0 Å². The van der Waals surface area contributed by atoms with Crippen LogP contribution in [-0.4, -0.2) is 29.4 Å². The third-order valence-corrected chi connectivity index (χ3v) is 3.63. The first kappa shape index (κ1) is 17.9. The highest BCUT2D eigenvalue weighted by molar-refractivity contribution is 8.14. The highest BCUT2D eigenvalue weighted by Crippen LogP contribution is 2.34. The predicted octanol–water partition coefficient (Wildman–Crippen LogP) is 4.97. The van der Waals surface area contributed by atoms with Crippen LogP contribution >= 0.6 is 11.8 Å². The van der Waals surface area contributed by atoms with Gasteiger partial charge >= 0.3 is 0 Å². The smallest absolute Gasteiger partial charge is 0.281 e. The Labute approximate surface area is 123 Å². The van der Waals surface area contributed by atoms with Gasteiger partial charge in [-0.05, 0) is 6.42 Å². The van der Waals surface area contributed by atoms with Gasteiger partial charge in [0.15, 0.2) is 6.67 Å². The van der Waals surface area contributed by atoms with Crippen molar-refractivity contribution < 1.29 is 26.7 Å². The molecule has 0 spiro atoms. The van der Waals surface area contributed by atoms with Crippen molar-refractivity contribution in [2.75, 3.05) is 12.4 Å². The van der Waals surface area contributed by atoms with Crippen molar-refractivity contribution in [2.45, 2.75) is 31.1 Å². The Morgan fingerprint density at radius 3 is 2.24 bits per heavy atom. The first-order chi connectivity index (χ1) is 9.76. The summed E-state index contributed by atoms with van der Waals surface area (Å²) in [5, 5.41) is -0.256. The summed E-state index contributed by atoms with van der Waals surface area (Å²) in [5.74, 6) is -7.53. The van der Waals surface area contributed by atoms with Gasteiger partial charge in [0.05, 0.1) is 6.42 Å². The first-order valence-electron chi connectivity index (χ1n) is 6.30. The number of thioether (sulfide) groups is 1. The zero-order valence-corrected chi connectivity index (χ0v) is 11.9. The van der Waals surface area contributed by atoms with Gasteiger partial charge < -0.3 is 0 Å². The summed E-state index contributed by atoms with van der Waals surface area (Å²) in [6.45, 7) is -2.09. The zero-order valence-electron chi connectivity index (χ0n) is 11.1.